The number of hydrogen-bond donors (Lipinski definition) is 1. The van der Waals surface area contributed by atoms with Crippen LogP contribution in [0.4, 0.5) is 0 Å². The quantitative estimate of drug-likeness (QED) is 0.329. The van der Waals surface area contributed by atoms with E-state index in [1.807, 2.05) is 30.3 Å². The fourth-order valence-corrected chi connectivity index (χ4v) is 4.11. The van der Waals surface area contributed by atoms with Gasteiger partial charge in [-0.15, -0.1) is 0 Å². The van der Waals surface area contributed by atoms with Crippen LogP contribution in [0.15, 0.2) is 84.9 Å². The van der Waals surface area contributed by atoms with Gasteiger partial charge < -0.3 is 9.88 Å². The molecule has 0 aliphatic heterocycles. The van der Waals surface area contributed by atoms with E-state index < -0.39 is 0 Å². The molecule has 3 aromatic carbocycles. The van der Waals surface area contributed by atoms with E-state index in [1.54, 1.807) is 0 Å². The number of nitrogens with one attached hydrogen (secondary N) is 1. The average Bonchev–Trinajstić information content (AvgIpc) is 3.18. The van der Waals surface area contributed by atoms with Crippen LogP contribution in [0, 0.1) is 0 Å². The molecule has 0 atom stereocenters. The molecule has 1 heterocycles. The normalized spacial score (nSPS) is 11.0. The number of carbonyl (C=O) groups is 1. The van der Waals surface area contributed by atoms with Gasteiger partial charge in [0.15, 0.2) is 0 Å². The number of nitrogens with zero attached hydrogens (tertiary/aromatic N) is 2. The maximum atomic E-state index is 12.1. The zero-order valence-corrected chi connectivity index (χ0v) is 18.5. The Kier molecular flexibility index (Phi) is 7.69. The van der Waals surface area contributed by atoms with E-state index in [-0.39, 0.29) is 5.91 Å². The van der Waals surface area contributed by atoms with Crippen molar-refractivity contribution in [3.05, 3.63) is 102 Å². The zero-order valence-electron chi connectivity index (χ0n) is 18.5. The molecule has 0 saturated carbocycles. The van der Waals surface area contributed by atoms with Crippen LogP contribution in [-0.4, -0.2) is 22.0 Å². The van der Waals surface area contributed by atoms with Crippen LogP contribution < -0.4 is 5.32 Å². The van der Waals surface area contributed by atoms with Gasteiger partial charge in [-0.3, -0.25) is 4.79 Å². The monoisotopic (exact) mass is 425 g/mol. The predicted octanol–water partition coefficient (Wildman–Crippen LogP) is 5.35. The third-order valence-electron chi connectivity index (χ3n) is 5.81. The standard InChI is InChI=1S/C28H31N3O/c32-28(22-24-14-6-2-7-15-24)29-20-11-3-8-18-27-30-25-16-9-10-17-26(25)31(27)21-19-23-12-4-1-5-13-23/h1-2,4-7,9-10,12-17H,3,8,11,18-22H2,(H,29,32). The number of aryl methyl sites for hydroxylation is 3. The summed E-state index contributed by atoms with van der Waals surface area (Å²) in [5.41, 5.74) is 4.69. The van der Waals surface area contributed by atoms with E-state index in [9.17, 15) is 4.79 Å². The van der Waals surface area contributed by atoms with Crippen LogP contribution in [0.25, 0.3) is 11.0 Å². The Labute approximate surface area is 190 Å². The van der Waals surface area contributed by atoms with Crippen molar-refractivity contribution in [1.29, 1.82) is 0 Å². The third-order valence-corrected chi connectivity index (χ3v) is 5.81. The van der Waals surface area contributed by atoms with Crippen molar-refractivity contribution in [3.8, 4) is 0 Å². The van der Waals surface area contributed by atoms with E-state index in [2.05, 4.69) is 64.5 Å². The van der Waals surface area contributed by atoms with Crippen molar-refractivity contribution in [1.82, 2.24) is 14.9 Å². The lowest BCUT2D eigenvalue weighted by Gasteiger charge is -2.10. The molecule has 32 heavy (non-hydrogen) atoms. The number of amides is 1. The number of imidazole rings is 1. The summed E-state index contributed by atoms with van der Waals surface area (Å²) in [6, 6.07) is 28.9. The first-order valence-corrected chi connectivity index (χ1v) is 11.6. The highest BCUT2D eigenvalue weighted by atomic mass is 16.1. The summed E-state index contributed by atoms with van der Waals surface area (Å²) in [6.45, 7) is 1.67. The van der Waals surface area contributed by atoms with Gasteiger partial charge in [0.25, 0.3) is 0 Å². The van der Waals surface area contributed by atoms with E-state index in [0.29, 0.717) is 6.42 Å². The minimum absolute atomic E-state index is 0.0962. The summed E-state index contributed by atoms with van der Waals surface area (Å²) in [4.78, 5) is 17.0. The highest BCUT2D eigenvalue weighted by Gasteiger charge is 2.10. The van der Waals surface area contributed by atoms with E-state index in [4.69, 9.17) is 4.98 Å². The fraction of sp³-hybridized carbons (Fsp3) is 0.286. The van der Waals surface area contributed by atoms with Gasteiger partial charge in [-0.05, 0) is 42.5 Å². The van der Waals surface area contributed by atoms with Gasteiger partial charge >= 0.3 is 0 Å². The van der Waals surface area contributed by atoms with Gasteiger partial charge in [-0.25, -0.2) is 4.98 Å². The SMILES string of the molecule is O=C(Cc1ccccc1)NCCCCCc1nc2ccccc2n1CCc1ccccc1. The van der Waals surface area contributed by atoms with Gasteiger partial charge in [0, 0.05) is 19.5 Å². The minimum Gasteiger partial charge on any atom is -0.356 e. The molecule has 0 radical (unpaired) electrons. The zero-order chi connectivity index (χ0) is 22.0. The lowest BCUT2D eigenvalue weighted by molar-refractivity contribution is -0.120. The number of aromatic nitrogens is 2. The number of benzene rings is 3. The van der Waals surface area contributed by atoms with Gasteiger partial charge in [0.1, 0.15) is 5.82 Å². The second-order valence-electron chi connectivity index (χ2n) is 8.23. The number of rotatable bonds is 11. The maximum absolute atomic E-state index is 12.1. The van der Waals surface area contributed by atoms with Crippen molar-refractivity contribution in [3.63, 3.8) is 0 Å². The fourth-order valence-electron chi connectivity index (χ4n) is 4.11. The molecule has 0 fully saturated rings. The molecule has 0 aliphatic rings. The Bertz CT molecular complexity index is 1120. The Balaban J connectivity index is 1.25. The van der Waals surface area contributed by atoms with Crippen molar-refractivity contribution < 1.29 is 4.79 Å². The summed E-state index contributed by atoms with van der Waals surface area (Å²) in [5, 5.41) is 3.04. The van der Waals surface area contributed by atoms with Gasteiger partial charge in [0.05, 0.1) is 17.5 Å². The number of hydrogen-bond acceptors (Lipinski definition) is 2. The molecule has 4 aromatic rings. The molecule has 0 unspecified atom stereocenters. The molecule has 0 bridgehead atoms. The largest absolute Gasteiger partial charge is 0.356 e. The topological polar surface area (TPSA) is 46.9 Å². The minimum atomic E-state index is 0.0962. The van der Waals surface area contributed by atoms with Gasteiger partial charge in [0.2, 0.25) is 5.91 Å². The molecule has 1 N–H and O–H groups in total. The summed E-state index contributed by atoms with van der Waals surface area (Å²) < 4.78 is 2.38. The van der Waals surface area contributed by atoms with Crippen LogP contribution in [0.1, 0.15) is 36.2 Å². The lowest BCUT2D eigenvalue weighted by atomic mass is 10.1. The van der Waals surface area contributed by atoms with Crippen LogP contribution in [-0.2, 0) is 30.6 Å². The summed E-state index contributed by atoms with van der Waals surface area (Å²) in [5.74, 6) is 1.26. The highest BCUT2D eigenvalue weighted by Crippen LogP contribution is 2.19. The Morgan fingerprint density at radius 3 is 2.22 bits per heavy atom. The van der Waals surface area contributed by atoms with Gasteiger partial charge in [-0.2, -0.15) is 0 Å². The number of para-hydroxylation sites is 2. The summed E-state index contributed by atoms with van der Waals surface area (Å²) in [7, 11) is 0. The van der Waals surface area contributed by atoms with Crippen LogP contribution in [0.2, 0.25) is 0 Å². The smallest absolute Gasteiger partial charge is 0.224 e. The summed E-state index contributed by atoms with van der Waals surface area (Å²) >= 11 is 0. The number of unbranched alkanes of at least 4 members (excludes halogenated alkanes) is 2. The van der Waals surface area contributed by atoms with E-state index >= 15 is 0 Å². The molecule has 4 heteroatoms. The molecule has 1 amide bonds. The summed E-state index contributed by atoms with van der Waals surface area (Å²) in [6.07, 6.45) is 5.55. The Morgan fingerprint density at radius 2 is 1.44 bits per heavy atom. The average molecular weight is 426 g/mol. The molecule has 0 aliphatic carbocycles. The molecule has 1 aromatic heterocycles. The second-order valence-corrected chi connectivity index (χ2v) is 8.23. The lowest BCUT2D eigenvalue weighted by Crippen LogP contribution is -2.26. The van der Waals surface area contributed by atoms with Crippen LogP contribution >= 0.6 is 0 Å². The third kappa shape index (κ3) is 6.07. The first-order chi connectivity index (χ1) is 15.8. The molecular weight excluding hydrogens is 394 g/mol. The van der Waals surface area contributed by atoms with E-state index in [0.717, 1.165) is 62.1 Å². The molecule has 0 spiro atoms. The van der Waals surface area contributed by atoms with Crippen molar-refractivity contribution in [2.24, 2.45) is 0 Å². The molecule has 0 saturated heterocycles. The molecule has 4 rings (SSSR count). The Morgan fingerprint density at radius 1 is 0.750 bits per heavy atom. The maximum Gasteiger partial charge on any atom is 0.224 e. The van der Waals surface area contributed by atoms with Crippen LogP contribution in [0.5, 0.6) is 0 Å². The predicted molar refractivity (Wildman–Crippen MR) is 131 cm³/mol. The molecular formula is C28H31N3O. The first kappa shape index (κ1) is 21.8. The Hall–Kier alpha value is -3.40. The van der Waals surface area contributed by atoms with Crippen molar-refractivity contribution >= 4 is 16.9 Å². The second kappa shape index (κ2) is 11.3. The number of carbonyl (C=O) groups excluding carboxylic acids is 1. The van der Waals surface area contributed by atoms with Crippen LogP contribution in [0.3, 0.4) is 0 Å². The van der Waals surface area contributed by atoms with Gasteiger partial charge in [-0.1, -0.05) is 79.2 Å². The first-order valence-electron chi connectivity index (χ1n) is 11.6. The van der Waals surface area contributed by atoms with Crippen molar-refractivity contribution in [2.45, 2.75) is 45.1 Å². The number of fused-ring (bicyclic) bond motifs is 1. The van der Waals surface area contributed by atoms with Crippen molar-refractivity contribution in [2.75, 3.05) is 6.54 Å². The highest BCUT2D eigenvalue weighted by molar-refractivity contribution is 5.78. The molecule has 164 valence electrons. The molecule has 4 nitrogen and oxygen atoms in total. The van der Waals surface area contributed by atoms with E-state index in [1.165, 1.54) is 11.1 Å².